The highest BCUT2D eigenvalue weighted by Gasteiger charge is 1.99. The molecule has 0 atom stereocenters. The lowest BCUT2D eigenvalue weighted by atomic mass is 10.3. The van der Waals surface area contributed by atoms with Gasteiger partial charge in [0.1, 0.15) is 0 Å². The third kappa shape index (κ3) is 0.988. The van der Waals surface area contributed by atoms with Crippen LogP contribution in [0.2, 0.25) is 0 Å². The first-order chi connectivity index (χ1) is 6.25. The van der Waals surface area contributed by atoms with Gasteiger partial charge in [0.25, 0.3) is 0 Å². The van der Waals surface area contributed by atoms with Crippen LogP contribution in [0.4, 0.5) is 10.2 Å². The molecule has 3 heteroatoms. The summed E-state index contributed by atoms with van der Waals surface area (Å²) in [7, 11) is 0. The molecule has 0 saturated heterocycles. The number of hydrogen-bond acceptors (Lipinski definition) is 2. The molecule has 48 valence electrons. The summed E-state index contributed by atoms with van der Waals surface area (Å²) >= 11 is 0. The van der Waals surface area contributed by atoms with E-state index in [1.54, 1.807) is 0 Å². The van der Waals surface area contributed by atoms with Crippen LogP contribution < -0.4 is 5.73 Å². The summed E-state index contributed by atoms with van der Waals surface area (Å²) in [5.74, 6) is -1.91. The molecule has 2 N–H and O–H groups in total. The normalized spacial score (nSPS) is 19.0. The molecule has 1 aromatic rings. The Hall–Kier alpha value is -1.12. The fourth-order valence-corrected chi connectivity index (χ4v) is 0.376. The van der Waals surface area contributed by atoms with Crippen LogP contribution in [-0.4, -0.2) is 4.98 Å². The number of nitrogens with zero attached hydrogens (tertiary/aromatic N) is 1. The number of anilines is 1. The van der Waals surface area contributed by atoms with E-state index in [-0.39, 0.29) is 0 Å². The minimum absolute atomic E-state index is 0.643. The van der Waals surface area contributed by atoms with Gasteiger partial charge in [-0.2, -0.15) is 0 Å². The van der Waals surface area contributed by atoms with Gasteiger partial charge in [0.2, 0.25) is 0 Å². The summed E-state index contributed by atoms with van der Waals surface area (Å²) in [6.45, 7) is -2.80. The average molecular weight is 131 g/mol. The molecule has 1 heterocycles. The Morgan fingerprint density at radius 1 is 2.00 bits per heavy atom. The maximum absolute atomic E-state index is 13.2. The van der Waals surface area contributed by atoms with Gasteiger partial charge in [-0.05, 0) is 18.5 Å². The number of pyridine rings is 1. The quantitative estimate of drug-likeness (QED) is 0.572. The van der Waals surface area contributed by atoms with Crippen molar-refractivity contribution < 1.29 is 11.2 Å². The first-order valence-electron chi connectivity index (χ1n) is 4.67. The van der Waals surface area contributed by atoms with E-state index in [2.05, 4.69) is 4.98 Å². The third-order valence-corrected chi connectivity index (χ3v) is 0.802. The van der Waals surface area contributed by atoms with E-state index in [1.807, 2.05) is 0 Å². The lowest BCUT2D eigenvalue weighted by Crippen LogP contribution is -1.95. The lowest BCUT2D eigenvalue weighted by Gasteiger charge is -1.95. The van der Waals surface area contributed by atoms with Gasteiger partial charge < -0.3 is 5.73 Å². The van der Waals surface area contributed by atoms with Crippen LogP contribution in [0.25, 0.3) is 0 Å². The molecule has 0 bridgehead atoms. The molecule has 0 aromatic carbocycles. The topological polar surface area (TPSA) is 38.9 Å². The standard InChI is InChI=1S/C6H7FN2/c1-4-2-3-9-6(8)5(4)7/h2-3H,1H3,(H2,8,9)/i1D3,2D,3D. The van der Waals surface area contributed by atoms with E-state index in [0.29, 0.717) is 0 Å². The Bertz CT molecular complexity index is 349. The summed E-state index contributed by atoms with van der Waals surface area (Å²) in [5, 5.41) is 0. The molecule has 0 spiro atoms. The Morgan fingerprint density at radius 3 is 3.44 bits per heavy atom. The summed E-state index contributed by atoms with van der Waals surface area (Å²) < 4.78 is 48.3. The van der Waals surface area contributed by atoms with E-state index in [4.69, 9.17) is 12.6 Å². The van der Waals surface area contributed by atoms with Crippen LogP contribution in [0.5, 0.6) is 0 Å². The molecule has 0 aliphatic carbocycles. The predicted molar refractivity (Wildman–Crippen MR) is 33.3 cm³/mol. The van der Waals surface area contributed by atoms with Crippen LogP contribution in [-0.2, 0) is 0 Å². The molecule has 0 aliphatic rings. The molecule has 1 aromatic heterocycles. The average Bonchev–Trinajstić information content (AvgIpc) is 1.98. The van der Waals surface area contributed by atoms with E-state index in [9.17, 15) is 4.39 Å². The highest BCUT2D eigenvalue weighted by molar-refractivity contribution is 5.33. The number of halogens is 1. The smallest absolute Gasteiger partial charge is 0.168 e. The van der Waals surface area contributed by atoms with Gasteiger partial charge in [-0.3, -0.25) is 0 Å². The van der Waals surface area contributed by atoms with E-state index >= 15 is 0 Å². The van der Waals surface area contributed by atoms with Gasteiger partial charge in [-0.1, -0.05) is 0 Å². The highest BCUT2D eigenvalue weighted by atomic mass is 19.1. The minimum atomic E-state index is -2.80. The van der Waals surface area contributed by atoms with Gasteiger partial charge in [-0.25, -0.2) is 9.37 Å². The van der Waals surface area contributed by atoms with Crippen molar-refractivity contribution in [3.63, 3.8) is 0 Å². The first kappa shape index (κ1) is 2.25. The van der Waals surface area contributed by atoms with Crippen molar-refractivity contribution in [2.24, 2.45) is 0 Å². The van der Waals surface area contributed by atoms with Gasteiger partial charge in [0, 0.05) is 10.3 Å². The van der Waals surface area contributed by atoms with Gasteiger partial charge >= 0.3 is 0 Å². The molecular weight excluding hydrogens is 119 g/mol. The number of nitrogen functional groups attached to an aromatic ring is 1. The fourth-order valence-electron chi connectivity index (χ4n) is 0.376. The van der Waals surface area contributed by atoms with Gasteiger partial charge in [-0.15, -0.1) is 0 Å². The predicted octanol–water partition coefficient (Wildman–Crippen LogP) is 1.11. The molecule has 0 aliphatic heterocycles. The second-order valence-electron chi connectivity index (χ2n) is 1.42. The molecule has 0 unspecified atom stereocenters. The highest BCUT2D eigenvalue weighted by Crippen LogP contribution is 2.08. The van der Waals surface area contributed by atoms with Crippen molar-refractivity contribution in [3.8, 4) is 0 Å². The molecule has 0 fully saturated rings. The molecule has 0 saturated carbocycles. The summed E-state index contributed by atoms with van der Waals surface area (Å²) in [5.41, 5.74) is 4.20. The largest absolute Gasteiger partial charge is 0.381 e. The molecule has 0 radical (unpaired) electrons. The number of rotatable bonds is 0. The van der Waals surface area contributed by atoms with Crippen molar-refractivity contribution in [1.82, 2.24) is 4.98 Å². The van der Waals surface area contributed by atoms with Crippen LogP contribution in [0.3, 0.4) is 0 Å². The molecule has 2 nitrogen and oxygen atoms in total. The minimum Gasteiger partial charge on any atom is -0.381 e. The van der Waals surface area contributed by atoms with E-state index in [0.717, 1.165) is 0 Å². The van der Waals surface area contributed by atoms with Crippen molar-refractivity contribution in [2.45, 2.75) is 6.85 Å². The van der Waals surface area contributed by atoms with Gasteiger partial charge in [0.15, 0.2) is 11.6 Å². The number of hydrogen-bond donors (Lipinski definition) is 1. The van der Waals surface area contributed by atoms with Crippen LogP contribution >= 0.6 is 0 Å². The molecular formula is C6H7FN2. The Morgan fingerprint density at radius 2 is 2.78 bits per heavy atom. The monoisotopic (exact) mass is 131 g/mol. The zero-order valence-corrected chi connectivity index (χ0v) is 4.40. The van der Waals surface area contributed by atoms with Crippen molar-refractivity contribution >= 4 is 5.82 Å². The summed E-state index contributed by atoms with van der Waals surface area (Å²) in [6.07, 6.45) is -0.643. The van der Waals surface area contributed by atoms with Gasteiger partial charge in [0.05, 0.1) is 2.74 Å². The van der Waals surface area contributed by atoms with Crippen LogP contribution in [0, 0.1) is 12.7 Å². The zero-order valence-electron chi connectivity index (χ0n) is 9.40. The number of aromatic nitrogens is 1. The second-order valence-corrected chi connectivity index (χ2v) is 1.42. The fraction of sp³-hybridized carbons (Fsp3) is 0.167. The zero-order chi connectivity index (χ0) is 11.1. The molecule has 9 heavy (non-hydrogen) atoms. The van der Waals surface area contributed by atoms with Crippen molar-refractivity contribution in [2.75, 3.05) is 5.73 Å². The summed E-state index contributed by atoms with van der Waals surface area (Å²) in [6, 6.07) is -0.753. The van der Waals surface area contributed by atoms with Crippen molar-refractivity contribution in [3.05, 3.63) is 23.6 Å². The second kappa shape index (κ2) is 2.01. The Labute approximate surface area is 59.5 Å². The summed E-state index contributed by atoms with van der Waals surface area (Å²) in [4.78, 5) is 3.18. The lowest BCUT2D eigenvalue weighted by molar-refractivity contribution is 0.618. The molecule has 0 amide bonds. The Kier molecular flexibility index (Phi) is 0.502. The molecule has 1 rings (SSSR count). The third-order valence-electron chi connectivity index (χ3n) is 0.802. The number of nitrogens with two attached hydrogens (primary N) is 1. The van der Waals surface area contributed by atoms with E-state index in [1.165, 1.54) is 0 Å². The van der Waals surface area contributed by atoms with Crippen LogP contribution in [0.1, 0.15) is 12.4 Å². The maximum atomic E-state index is 13.2. The first-order valence-corrected chi connectivity index (χ1v) is 2.17. The van der Waals surface area contributed by atoms with E-state index < -0.39 is 36.3 Å². The maximum Gasteiger partial charge on any atom is 0.168 e. The van der Waals surface area contributed by atoms with Crippen molar-refractivity contribution in [1.29, 1.82) is 0 Å². The van der Waals surface area contributed by atoms with Crippen LogP contribution in [0.15, 0.2) is 12.2 Å². The Balaban J connectivity index is 3.56. The SMILES string of the molecule is [2H]c1nc(N)c(F)c(C([2H])([2H])[2H])c1[2H].